The largest absolute Gasteiger partial charge is 0.501 e. The highest BCUT2D eigenvalue weighted by Crippen LogP contribution is 2.39. The number of rotatable bonds is 4. The van der Waals surface area contributed by atoms with Crippen molar-refractivity contribution in [2.45, 2.75) is 19.0 Å². The molecule has 0 radical (unpaired) electrons. The number of carboxylic acid groups (broad SMARTS) is 1. The standard InChI is InChI=1S/C21H17FN4O5/c22-13-7-5-11(6-8-13)10-23-19(28)16-17(27)20(29)25-18(24-16)15-9-12-3-1-2-4-14(12)26(15)21(30)31/h1-8,15,27H,9-10H2,(H,23,28)(H,30,31)(H,24,25,29). The van der Waals surface area contributed by atoms with E-state index < -0.39 is 40.9 Å². The number of H-pyrrole nitrogens is 1. The second-order valence-electron chi connectivity index (χ2n) is 6.96. The van der Waals surface area contributed by atoms with Crippen LogP contribution < -0.4 is 15.8 Å². The smallest absolute Gasteiger partial charge is 0.412 e. The summed E-state index contributed by atoms with van der Waals surface area (Å²) in [6.45, 7) is 0.0124. The zero-order valence-electron chi connectivity index (χ0n) is 16.0. The van der Waals surface area contributed by atoms with Crippen molar-refractivity contribution in [2.24, 2.45) is 0 Å². The summed E-state index contributed by atoms with van der Waals surface area (Å²) in [5.74, 6) is -2.19. The van der Waals surface area contributed by atoms with Gasteiger partial charge in [0.05, 0.1) is 5.69 Å². The number of nitrogens with one attached hydrogen (secondary N) is 2. The molecular weight excluding hydrogens is 407 g/mol. The van der Waals surface area contributed by atoms with Crippen LogP contribution in [0.5, 0.6) is 5.75 Å². The maximum atomic E-state index is 13.0. The number of hydrogen-bond donors (Lipinski definition) is 4. The first-order chi connectivity index (χ1) is 14.8. The van der Waals surface area contributed by atoms with Crippen LogP contribution in [-0.4, -0.2) is 32.2 Å². The summed E-state index contributed by atoms with van der Waals surface area (Å²) in [5.41, 5.74) is 0.314. The average molecular weight is 424 g/mol. The van der Waals surface area contributed by atoms with Crippen molar-refractivity contribution in [3.05, 3.63) is 87.3 Å². The minimum Gasteiger partial charge on any atom is -0.501 e. The third kappa shape index (κ3) is 3.82. The number of aromatic hydroxyl groups is 1. The molecule has 2 amide bonds. The number of para-hydroxylation sites is 1. The monoisotopic (exact) mass is 424 g/mol. The van der Waals surface area contributed by atoms with Crippen molar-refractivity contribution < 1.29 is 24.2 Å². The van der Waals surface area contributed by atoms with Crippen LogP contribution in [0.4, 0.5) is 14.9 Å². The zero-order valence-corrected chi connectivity index (χ0v) is 16.0. The van der Waals surface area contributed by atoms with E-state index in [4.69, 9.17) is 0 Å². The summed E-state index contributed by atoms with van der Waals surface area (Å²) >= 11 is 0. The van der Waals surface area contributed by atoms with Gasteiger partial charge < -0.3 is 20.5 Å². The number of benzene rings is 2. The second-order valence-corrected chi connectivity index (χ2v) is 6.96. The molecule has 0 fully saturated rings. The van der Waals surface area contributed by atoms with E-state index in [2.05, 4.69) is 15.3 Å². The van der Waals surface area contributed by atoms with Crippen LogP contribution in [0.2, 0.25) is 0 Å². The molecule has 10 heteroatoms. The van der Waals surface area contributed by atoms with E-state index in [0.29, 0.717) is 11.3 Å². The van der Waals surface area contributed by atoms with Crippen LogP contribution in [0.3, 0.4) is 0 Å². The van der Waals surface area contributed by atoms with Gasteiger partial charge in [-0.1, -0.05) is 30.3 Å². The van der Waals surface area contributed by atoms with Gasteiger partial charge in [0.15, 0.2) is 5.69 Å². The van der Waals surface area contributed by atoms with Crippen molar-refractivity contribution in [1.82, 2.24) is 15.3 Å². The molecule has 1 unspecified atom stereocenters. The SMILES string of the molecule is O=C(NCc1ccc(F)cc1)c1nc(C2Cc3ccccc3N2C(=O)O)[nH]c(=O)c1O. The predicted octanol–water partition coefficient (Wildman–Crippen LogP) is 2.33. The van der Waals surface area contributed by atoms with Gasteiger partial charge in [0.25, 0.3) is 11.5 Å². The Balaban J connectivity index is 1.63. The molecule has 31 heavy (non-hydrogen) atoms. The first-order valence-corrected chi connectivity index (χ1v) is 9.31. The summed E-state index contributed by atoms with van der Waals surface area (Å²) in [5, 5.41) is 22.3. The Kier molecular flexibility index (Phi) is 5.12. The van der Waals surface area contributed by atoms with Gasteiger partial charge >= 0.3 is 6.09 Å². The zero-order chi connectivity index (χ0) is 22.1. The van der Waals surface area contributed by atoms with Gasteiger partial charge in [0.1, 0.15) is 17.7 Å². The molecule has 1 atom stereocenters. The fourth-order valence-electron chi connectivity index (χ4n) is 3.51. The maximum absolute atomic E-state index is 13.0. The van der Waals surface area contributed by atoms with Gasteiger partial charge in [0.2, 0.25) is 5.75 Å². The molecule has 4 N–H and O–H groups in total. The molecule has 158 valence electrons. The fraction of sp³-hybridized carbons (Fsp3) is 0.143. The molecule has 2 heterocycles. The summed E-state index contributed by atoms with van der Waals surface area (Å²) in [7, 11) is 0. The highest BCUT2D eigenvalue weighted by molar-refractivity contribution is 5.95. The number of nitrogens with zero attached hydrogens (tertiary/aromatic N) is 2. The third-order valence-corrected chi connectivity index (χ3v) is 4.99. The predicted molar refractivity (Wildman–Crippen MR) is 107 cm³/mol. The van der Waals surface area contributed by atoms with E-state index in [9.17, 15) is 29.0 Å². The molecule has 1 aliphatic heterocycles. The summed E-state index contributed by atoms with van der Waals surface area (Å²) in [4.78, 5) is 44.2. The van der Waals surface area contributed by atoms with Crippen molar-refractivity contribution in [2.75, 3.05) is 4.90 Å². The molecule has 0 saturated heterocycles. The Labute approximate surface area is 174 Å². The van der Waals surface area contributed by atoms with E-state index in [1.54, 1.807) is 24.3 Å². The first-order valence-electron chi connectivity index (χ1n) is 9.31. The van der Waals surface area contributed by atoms with E-state index in [1.807, 2.05) is 0 Å². The summed E-state index contributed by atoms with van der Waals surface area (Å²) in [6.07, 6.45) is -1.000. The molecule has 0 saturated carbocycles. The molecular formula is C21H17FN4O5. The molecule has 0 bridgehead atoms. The van der Waals surface area contributed by atoms with Crippen molar-refractivity contribution in [3.63, 3.8) is 0 Å². The van der Waals surface area contributed by atoms with Gasteiger partial charge in [-0.2, -0.15) is 0 Å². The number of carbonyl (C=O) groups is 2. The first kappa shape index (κ1) is 20.1. The van der Waals surface area contributed by atoms with Crippen molar-refractivity contribution >= 4 is 17.7 Å². The number of aromatic nitrogens is 2. The van der Waals surface area contributed by atoms with Crippen LogP contribution >= 0.6 is 0 Å². The number of fused-ring (bicyclic) bond motifs is 1. The minimum atomic E-state index is -1.24. The lowest BCUT2D eigenvalue weighted by Gasteiger charge is -2.22. The quantitative estimate of drug-likeness (QED) is 0.508. The third-order valence-electron chi connectivity index (χ3n) is 4.99. The topological polar surface area (TPSA) is 136 Å². The summed E-state index contributed by atoms with van der Waals surface area (Å²) in [6, 6.07) is 11.4. The number of aromatic amines is 1. The Hall–Kier alpha value is -4.21. The van der Waals surface area contributed by atoms with Crippen molar-refractivity contribution in [1.29, 1.82) is 0 Å². The molecule has 1 aliphatic rings. The highest BCUT2D eigenvalue weighted by atomic mass is 19.1. The molecule has 0 aliphatic carbocycles. The number of amides is 2. The maximum Gasteiger partial charge on any atom is 0.412 e. The molecule has 9 nitrogen and oxygen atoms in total. The Morgan fingerprint density at radius 3 is 2.61 bits per heavy atom. The lowest BCUT2D eigenvalue weighted by Crippen LogP contribution is -2.34. The van der Waals surface area contributed by atoms with E-state index >= 15 is 0 Å². The van der Waals surface area contributed by atoms with Gasteiger partial charge in [-0.3, -0.25) is 14.5 Å². The van der Waals surface area contributed by atoms with E-state index in [0.717, 1.165) is 10.5 Å². The Bertz CT molecular complexity index is 1230. The number of hydrogen-bond acceptors (Lipinski definition) is 5. The number of carbonyl (C=O) groups excluding carboxylic acids is 1. The lowest BCUT2D eigenvalue weighted by molar-refractivity contribution is 0.0942. The number of anilines is 1. The lowest BCUT2D eigenvalue weighted by atomic mass is 10.1. The van der Waals surface area contributed by atoms with Gasteiger partial charge in [-0.25, -0.2) is 14.2 Å². The van der Waals surface area contributed by atoms with Gasteiger partial charge in [-0.15, -0.1) is 0 Å². The summed E-state index contributed by atoms with van der Waals surface area (Å²) < 4.78 is 13.0. The molecule has 4 rings (SSSR count). The minimum absolute atomic E-state index is 0.0124. The molecule has 0 spiro atoms. The van der Waals surface area contributed by atoms with Crippen LogP contribution in [0.25, 0.3) is 0 Å². The van der Waals surface area contributed by atoms with Crippen LogP contribution in [0.1, 0.15) is 33.5 Å². The highest BCUT2D eigenvalue weighted by Gasteiger charge is 2.37. The van der Waals surface area contributed by atoms with E-state index in [-0.39, 0.29) is 18.8 Å². The second kappa shape index (κ2) is 7.90. The van der Waals surface area contributed by atoms with Crippen molar-refractivity contribution in [3.8, 4) is 5.75 Å². The average Bonchev–Trinajstić information content (AvgIpc) is 3.15. The van der Waals surface area contributed by atoms with Crippen LogP contribution in [0, 0.1) is 5.82 Å². The Morgan fingerprint density at radius 2 is 1.90 bits per heavy atom. The molecule has 1 aromatic heterocycles. The van der Waals surface area contributed by atoms with E-state index in [1.165, 1.54) is 24.3 Å². The Morgan fingerprint density at radius 1 is 1.19 bits per heavy atom. The molecule has 3 aromatic rings. The van der Waals surface area contributed by atoms with Crippen LogP contribution in [-0.2, 0) is 13.0 Å². The number of halogens is 1. The fourth-order valence-corrected chi connectivity index (χ4v) is 3.51. The van der Waals surface area contributed by atoms with Crippen LogP contribution in [0.15, 0.2) is 53.3 Å². The van der Waals surface area contributed by atoms with Gasteiger partial charge in [-0.05, 0) is 29.3 Å². The normalized spacial score (nSPS) is 14.9. The van der Waals surface area contributed by atoms with Gasteiger partial charge in [0, 0.05) is 13.0 Å². The molecule has 2 aromatic carbocycles.